The van der Waals surface area contributed by atoms with E-state index in [1.165, 1.54) is 6.39 Å². The average Bonchev–Trinajstić information content (AvgIpc) is 3.01. The molecule has 3 rings (SSSR count). The predicted octanol–water partition coefficient (Wildman–Crippen LogP) is 3.02. The van der Waals surface area contributed by atoms with Crippen LogP contribution in [0, 0.1) is 0 Å². The third kappa shape index (κ3) is 3.24. The van der Waals surface area contributed by atoms with Crippen molar-refractivity contribution in [3.8, 4) is 0 Å². The monoisotopic (exact) mass is 305 g/mol. The largest absolute Gasteiger partial charge is 0.343 e. The Morgan fingerprint density at radius 3 is 3.10 bits per heavy atom. The van der Waals surface area contributed by atoms with Crippen LogP contribution < -0.4 is 0 Å². The van der Waals surface area contributed by atoms with Gasteiger partial charge in [-0.05, 0) is 37.0 Å². The molecule has 5 nitrogen and oxygen atoms in total. The summed E-state index contributed by atoms with van der Waals surface area (Å²) in [5, 5.41) is 4.54. The Morgan fingerprint density at radius 2 is 2.33 bits per heavy atom. The van der Waals surface area contributed by atoms with Gasteiger partial charge in [-0.25, -0.2) is 0 Å². The van der Waals surface area contributed by atoms with Crippen LogP contribution in [0.1, 0.15) is 36.7 Å². The molecule has 21 heavy (non-hydrogen) atoms. The summed E-state index contributed by atoms with van der Waals surface area (Å²) in [6, 6.07) is 7.32. The minimum atomic E-state index is -0.0795. The molecule has 0 N–H and O–H groups in total. The van der Waals surface area contributed by atoms with Gasteiger partial charge in [0.25, 0.3) is 0 Å². The van der Waals surface area contributed by atoms with E-state index >= 15 is 0 Å². The van der Waals surface area contributed by atoms with Crippen LogP contribution in [0.25, 0.3) is 0 Å². The average molecular weight is 306 g/mol. The predicted molar refractivity (Wildman–Crippen MR) is 77.8 cm³/mol. The minimum Gasteiger partial charge on any atom is -0.343 e. The molecule has 1 aromatic heterocycles. The van der Waals surface area contributed by atoms with Gasteiger partial charge in [0, 0.05) is 11.6 Å². The molecule has 1 unspecified atom stereocenters. The lowest BCUT2D eigenvalue weighted by Gasteiger charge is -2.33. The molecule has 1 saturated heterocycles. The van der Waals surface area contributed by atoms with Crippen LogP contribution in [0.5, 0.6) is 0 Å². The molecule has 1 aliphatic rings. The third-order valence-corrected chi connectivity index (χ3v) is 3.98. The Bertz CT molecular complexity index is 615. The molecule has 110 valence electrons. The summed E-state index contributed by atoms with van der Waals surface area (Å²) in [5.74, 6) is 0.668. The number of hydrogen-bond acceptors (Lipinski definition) is 4. The molecule has 1 fully saturated rings. The molecular formula is C15H16ClN3O2. The third-order valence-electron chi connectivity index (χ3n) is 3.74. The molecule has 0 saturated carbocycles. The van der Waals surface area contributed by atoms with E-state index in [0.717, 1.165) is 31.4 Å². The molecule has 2 heterocycles. The highest BCUT2D eigenvalue weighted by atomic mass is 35.5. The van der Waals surface area contributed by atoms with E-state index in [4.69, 9.17) is 16.1 Å². The van der Waals surface area contributed by atoms with E-state index in [-0.39, 0.29) is 11.9 Å². The summed E-state index contributed by atoms with van der Waals surface area (Å²) in [7, 11) is 0. The van der Waals surface area contributed by atoms with Gasteiger partial charge >= 0.3 is 0 Å². The zero-order valence-corrected chi connectivity index (χ0v) is 12.3. The Kier molecular flexibility index (Phi) is 4.20. The summed E-state index contributed by atoms with van der Waals surface area (Å²) in [5.41, 5.74) is 0.921. The Balaban J connectivity index is 1.75. The first-order chi connectivity index (χ1) is 10.2. The smallest absolute Gasteiger partial charge is 0.227 e. The van der Waals surface area contributed by atoms with Crippen molar-refractivity contribution in [1.29, 1.82) is 0 Å². The second-order valence-electron chi connectivity index (χ2n) is 5.19. The van der Waals surface area contributed by atoms with E-state index in [0.29, 0.717) is 17.3 Å². The van der Waals surface area contributed by atoms with Gasteiger partial charge in [-0.15, -0.1) is 0 Å². The van der Waals surface area contributed by atoms with Crippen molar-refractivity contribution in [2.24, 2.45) is 0 Å². The Morgan fingerprint density at radius 1 is 1.43 bits per heavy atom. The molecule has 1 aromatic carbocycles. The number of carbonyl (C=O) groups excluding carboxylic acids is 1. The number of aromatic nitrogens is 2. The fraction of sp³-hybridized carbons (Fsp3) is 0.400. The SMILES string of the molecule is O=C(Cc1cccc(Cl)c1)N1CCCCC1c1ncon1. The lowest BCUT2D eigenvalue weighted by atomic mass is 10.00. The summed E-state index contributed by atoms with van der Waals surface area (Å²) < 4.78 is 4.81. The Labute approximate surface area is 127 Å². The summed E-state index contributed by atoms with van der Waals surface area (Å²) in [6.07, 6.45) is 4.61. The number of hydrogen-bond donors (Lipinski definition) is 0. The molecular weight excluding hydrogens is 290 g/mol. The van der Waals surface area contributed by atoms with Crippen molar-refractivity contribution in [3.05, 3.63) is 47.1 Å². The highest BCUT2D eigenvalue weighted by Crippen LogP contribution is 2.29. The van der Waals surface area contributed by atoms with Gasteiger partial charge < -0.3 is 9.42 Å². The quantitative estimate of drug-likeness (QED) is 0.874. The van der Waals surface area contributed by atoms with E-state index in [2.05, 4.69) is 10.1 Å². The van der Waals surface area contributed by atoms with Crippen molar-refractivity contribution in [2.45, 2.75) is 31.7 Å². The van der Waals surface area contributed by atoms with E-state index in [1.54, 1.807) is 6.07 Å². The lowest BCUT2D eigenvalue weighted by Crippen LogP contribution is -2.39. The number of benzene rings is 1. The van der Waals surface area contributed by atoms with Crippen LogP contribution in [0.15, 0.2) is 35.2 Å². The number of carbonyl (C=O) groups is 1. The number of piperidine rings is 1. The maximum atomic E-state index is 12.6. The summed E-state index contributed by atoms with van der Waals surface area (Å²) in [4.78, 5) is 18.5. The molecule has 1 atom stereocenters. The van der Waals surface area contributed by atoms with E-state index in [1.807, 2.05) is 23.1 Å². The zero-order chi connectivity index (χ0) is 14.7. The first kappa shape index (κ1) is 14.1. The highest BCUT2D eigenvalue weighted by Gasteiger charge is 2.30. The lowest BCUT2D eigenvalue weighted by molar-refractivity contribution is -0.134. The second-order valence-corrected chi connectivity index (χ2v) is 5.63. The van der Waals surface area contributed by atoms with Crippen molar-refractivity contribution < 1.29 is 9.32 Å². The summed E-state index contributed by atoms with van der Waals surface area (Å²) in [6.45, 7) is 0.735. The van der Waals surface area contributed by atoms with Crippen LogP contribution in [0.3, 0.4) is 0 Å². The number of likely N-dealkylation sites (tertiary alicyclic amines) is 1. The van der Waals surface area contributed by atoms with Gasteiger partial charge in [0.05, 0.1) is 12.5 Å². The molecule has 0 bridgehead atoms. The second kappa shape index (κ2) is 6.26. The Hall–Kier alpha value is -1.88. The van der Waals surface area contributed by atoms with Gasteiger partial charge in [-0.1, -0.05) is 28.9 Å². The minimum absolute atomic E-state index is 0.0757. The van der Waals surface area contributed by atoms with Gasteiger partial charge in [-0.2, -0.15) is 4.98 Å². The van der Waals surface area contributed by atoms with Gasteiger partial charge in [0.1, 0.15) is 0 Å². The molecule has 0 spiro atoms. The highest BCUT2D eigenvalue weighted by molar-refractivity contribution is 6.30. The van der Waals surface area contributed by atoms with Crippen molar-refractivity contribution in [3.63, 3.8) is 0 Å². The van der Waals surface area contributed by atoms with Gasteiger partial charge in [0.2, 0.25) is 12.3 Å². The standard InChI is InChI=1S/C15H16ClN3O2/c16-12-5-3-4-11(8-12)9-14(20)19-7-2-1-6-13(19)15-17-10-21-18-15/h3-5,8,10,13H,1-2,6-7,9H2. The fourth-order valence-corrected chi connectivity index (χ4v) is 2.96. The number of amides is 1. The van der Waals surface area contributed by atoms with Crippen LogP contribution >= 0.6 is 11.6 Å². The topological polar surface area (TPSA) is 59.2 Å². The summed E-state index contributed by atoms with van der Waals surface area (Å²) >= 11 is 5.97. The van der Waals surface area contributed by atoms with E-state index in [9.17, 15) is 4.79 Å². The number of halogens is 1. The maximum absolute atomic E-state index is 12.6. The van der Waals surface area contributed by atoms with E-state index < -0.39 is 0 Å². The number of rotatable bonds is 3. The zero-order valence-electron chi connectivity index (χ0n) is 11.5. The van der Waals surface area contributed by atoms with Crippen LogP contribution in [0.4, 0.5) is 0 Å². The number of nitrogens with zero attached hydrogens (tertiary/aromatic N) is 3. The van der Waals surface area contributed by atoms with Crippen molar-refractivity contribution in [2.75, 3.05) is 6.54 Å². The van der Waals surface area contributed by atoms with Crippen LogP contribution in [-0.2, 0) is 11.2 Å². The fourth-order valence-electron chi connectivity index (χ4n) is 2.75. The van der Waals surface area contributed by atoms with Crippen LogP contribution in [0.2, 0.25) is 5.02 Å². The first-order valence-electron chi connectivity index (χ1n) is 7.04. The normalized spacial score (nSPS) is 18.7. The molecule has 1 amide bonds. The van der Waals surface area contributed by atoms with Crippen molar-refractivity contribution >= 4 is 17.5 Å². The van der Waals surface area contributed by atoms with Crippen LogP contribution in [-0.4, -0.2) is 27.5 Å². The maximum Gasteiger partial charge on any atom is 0.227 e. The van der Waals surface area contributed by atoms with Gasteiger partial charge in [-0.3, -0.25) is 4.79 Å². The van der Waals surface area contributed by atoms with Gasteiger partial charge in [0.15, 0.2) is 5.82 Å². The molecule has 2 aromatic rings. The molecule has 0 radical (unpaired) electrons. The molecule has 6 heteroatoms. The molecule has 0 aliphatic carbocycles. The van der Waals surface area contributed by atoms with Crippen molar-refractivity contribution in [1.82, 2.24) is 15.0 Å². The molecule has 1 aliphatic heterocycles. The first-order valence-corrected chi connectivity index (χ1v) is 7.42.